The zero-order valence-corrected chi connectivity index (χ0v) is 13.2. The number of hydrogen-bond donors (Lipinski definition) is 2. The molecule has 0 bridgehead atoms. The average molecular weight is 311 g/mol. The summed E-state index contributed by atoms with van der Waals surface area (Å²) in [5.74, 6) is -0.810. The number of piperidine rings is 1. The van der Waals surface area contributed by atoms with E-state index in [9.17, 15) is 14.7 Å². The number of aliphatic carboxylic acids is 1. The number of carbonyl (C=O) groups is 2. The highest BCUT2D eigenvalue weighted by Gasteiger charge is 2.42. The summed E-state index contributed by atoms with van der Waals surface area (Å²) in [7, 11) is 0. The van der Waals surface area contributed by atoms with Crippen molar-refractivity contribution >= 4 is 23.3 Å². The number of hydrogen-bond acceptors (Lipinski definition) is 4. The van der Waals surface area contributed by atoms with Crippen LogP contribution >= 0.6 is 11.3 Å². The standard InChI is InChI=1S/C14H21N3O3S/c1-3-14(12(18)19)5-4-7-17(9-14)13(20)16-10(2)11-15-6-8-21-11/h6,8,10H,3-5,7,9H2,1-2H3,(H,16,20)(H,18,19). The van der Waals surface area contributed by atoms with Gasteiger partial charge in [-0.15, -0.1) is 11.3 Å². The third kappa shape index (κ3) is 3.34. The van der Waals surface area contributed by atoms with Crippen molar-refractivity contribution < 1.29 is 14.7 Å². The Morgan fingerprint density at radius 3 is 2.95 bits per heavy atom. The Balaban J connectivity index is 2.01. The summed E-state index contributed by atoms with van der Waals surface area (Å²) in [5, 5.41) is 15.1. The van der Waals surface area contributed by atoms with Gasteiger partial charge < -0.3 is 15.3 Å². The van der Waals surface area contributed by atoms with Crippen molar-refractivity contribution in [1.82, 2.24) is 15.2 Å². The van der Waals surface area contributed by atoms with E-state index in [1.165, 1.54) is 11.3 Å². The number of rotatable bonds is 4. The molecule has 2 heterocycles. The number of aromatic nitrogens is 1. The summed E-state index contributed by atoms with van der Waals surface area (Å²) < 4.78 is 0. The molecule has 2 unspecified atom stereocenters. The van der Waals surface area contributed by atoms with Crippen LogP contribution in [0, 0.1) is 5.41 Å². The van der Waals surface area contributed by atoms with E-state index in [-0.39, 0.29) is 18.6 Å². The predicted octanol–water partition coefficient (Wildman–Crippen LogP) is 2.49. The predicted molar refractivity (Wildman–Crippen MR) is 80.2 cm³/mol. The number of thiazole rings is 1. The lowest BCUT2D eigenvalue weighted by Crippen LogP contribution is -2.52. The Morgan fingerprint density at radius 1 is 1.62 bits per heavy atom. The van der Waals surface area contributed by atoms with Gasteiger partial charge in [0.15, 0.2) is 0 Å². The fraction of sp³-hybridized carbons (Fsp3) is 0.643. The number of urea groups is 1. The lowest BCUT2D eigenvalue weighted by atomic mass is 9.78. The maximum atomic E-state index is 12.3. The number of carboxylic acids is 1. The number of carboxylic acid groups (broad SMARTS) is 1. The Hall–Kier alpha value is -1.63. The lowest BCUT2D eigenvalue weighted by Gasteiger charge is -2.39. The van der Waals surface area contributed by atoms with E-state index < -0.39 is 11.4 Å². The first-order valence-corrected chi connectivity index (χ1v) is 8.05. The van der Waals surface area contributed by atoms with Crippen LogP contribution in [0.4, 0.5) is 4.79 Å². The van der Waals surface area contributed by atoms with E-state index in [1.807, 2.05) is 19.2 Å². The van der Waals surface area contributed by atoms with Gasteiger partial charge in [0.25, 0.3) is 0 Å². The first-order chi connectivity index (χ1) is 9.98. The summed E-state index contributed by atoms with van der Waals surface area (Å²) >= 11 is 1.49. The molecule has 0 radical (unpaired) electrons. The molecule has 1 aromatic rings. The molecular formula is C14H21N3O3S. The number of nitrogens with one attached hydrogen (secondary N) is 1. The summed E-state index contributed by atoms with van der Waals surface area (Å²) in [6.45, 7) is 4.62. The number of nitrogens with zero attached hydrogens (tertiary/aromatic N) is 2. The minimum Gasteiger partial charge on any atom is -0.481 e. The molecular weight excluding hydrogens is 290 g/mol. The summed E-state index contributed by atoms with van der Waals surface area (Å²) in [5.41, 5.74) is -0.806. The van der Waals surface area contributed by atoms with E-state index in [0.717, 1.165) is 11.4 Å². The van der Waals surface area contributed by atoms with Crippen LogP contribution in [0.15, 0.2) is 11.6 Å². The monoisotopic (exact) mass is 311 g/mol. The van der Waals surface area contributed by atoms with Crippen molar-refractivity contribution in [3.8, 4) is 0 Å². The summed E-state index contributed by atoms with van der Waals surface area (Å²) in [6, 6.07) is -0.378. The van der Waals surface area contributed by atoms with E-state index >= 15 is 0 Å². The fourth-order valence-corrected chi connectivity index (χ4v) is 3.35. The van der Waals surface area contributed by atoms with Gasteiger partial charge in [0.05, 0.1) is 11.5 Å². The molecule has 6 nitrogen and oxygen atoms in total. The van der Waals surface area contributed by atoms with Gasteiger partial charge in [0.1, 0.15) is 5.01 Å². The molecule has 1 saturated heterocycles. The smallest absolute Gasteiger partial charge is 0.317 e. The van der Waals surface area contributed by atoms with Crippen LogP contribution in [0.3, 0.4) is 0 Å². The van der Waals surface area contributed by atoms with Crippen LogP contribution in [0.2, 0.25) is 0 Å². The summed E-state index contributed by atoms with van der Waals surface area (Å²) in [4.78, 5) is 29.6. The second-order valence-electron chi connectivity index (χ2n) is 5.51. The quantitative estimate of drug-likeness (QED) is 0.895. The molecule has 0 spiro atoms. The minimum absolute atomic E-state index is 0.166. The van der Waals surface area contributed by atoms with Crippen LogP contribution in [0.25, 0.3) is 0 Å². The van der Waals surface area contributed by atoms with Gasteiger partial charge in [-0.2, -0.15) is 0 Å². The van der Waals surface area contributed by atoms with E-state index in [2.05, 4.69) is 10.3 Å². The van der Waals surface area contributed by atoms with Crippen LogP contribution in [0.5, 0.6) is 0 Å². The largest absolute Gasteiger partial charge is 0.481 e. The number of carbonyl (C=O) groups excluding carboxylic acids is 1. The van der Waals surface area contributed by atoms with Crippen LogP contribution in [0.1, 0.15) is 44.2 Å². The summed E-state index contributed by atoms with van der Waals surface area (Å²) in [6.07, 6.45) is 3.59. The Labute approximate surface area is 128 Å². The molecule has 0 aromatic carbocycles. The first-order valence-electron chi connectivity index (χ1n) is 7.17. The second-order valence-corrected chi connectivity index (χ2v) is 6.43. The molecule has 1 aromatic heterocycles. The molecule has 0 aliphatic carbocycles. The average Bonchev–Trinajstić information content (AvgIpc) is 3.01. The normalized spacial score (nSPS) is 23.6. The molecule has 1 fully saturated rings. The van der Waals surface area contributed by atoms with Crippen molar-refractivity contribution in [1.29, 1.82) is 0 Å². The molecule has 1 aliphatic heterocycles. The zero-order valence-electron chi connectivity index (χ0n) is 12.3. The number of amides is 2. The van der Waals surface area contributed by atoms with Gasteiger partial charge in [0.2, 0.25) is 0 Å². The maximum absolute atomic E-state index is 12.3. The molecule has 116 valence electrons. The van der Waals surface area contributed by atoms with Crippen LogP contribution < -0.4 is 5.32 Å². The van der Waals surface area contributed by atoms with Gasteiger partial charge in [0, 0.05) is 24.7 Å². The first kappa shape index (κ1) is 15.8. The Bertz CT molecular complexity index is 506. The van der Waals surface area contributed by atoms with E-state index in [4.69, 9.17) is 0 Å². The van der Waals surface area contributed by atoms with E-state index in [0.29, 0.717) is 19.4 Å². The molecule has 1 aliphatic rings. The van der Waals surface area contributed by atoms with Crippen LogP contribution in [-0.4, -0.2) is 40.1 Å². The highest BCUT2D eigenvalue weighted by molar-refractivity contribution is 7.09. The zero-order chi connectivity index (χ0) is 15.5. The van der Waals surface area contributed by atoms with Crippen molar-refractivity contribution in [2.75, 3.05) is 13.1 Å². The second kappa shape index (κ2) is 6.43. The fourth-order valence-electron chi connectivity index (χ4n) is 2.71. The van der Waals surface area contributed by atoms with Gasteiger partial charge in [-0.25, -0.2) is 9.78 Å². The van der Waals surface area contributed by atoms with Crippen molar-refractivity contribution in [2.45, 2.75) is 39.2 Å². The number of likely N-dealkylation sites (tertiary alicyclic amines) is 1. The van der Waals surface area contributed by atoms with Crippen LogP contribution in [-0.2, 0) is 4.79 Å². The molecule has 2 amide bonds. The van der Waals surface area contributed by atoms with E-state index in [1.54, 1.807) is 11.1 Å². The third-order valence-corrected chi connectivity index (χ3v) is 5.11. The van der Waals surface area contributed by atoms with Gasteiger partial charge >= 0.3 is 12.0 Å². The topological polar surface area (TPSA) is 82.5 Å². The van der Waals surface area contributed by atoms with Gasteiger partial charge in [-0.05, 0) is 26.2 Å². The minimum atomic E-state index is -0.810. The van der Waals surface area contributed by atoms with Crippen molar-refractivity contribution in [3.05, 3.63) is 16.6 Å². The SMILES string of the molecule is CCC1(C(=O)O)CCCN(C(=O)NC(C)c2nccs2)C1. The molecule has 7 heteroatoms. The molecule has 2 atom stereocenters. The third-order valence-electron chi connectivity index (χ3n) is 4.16. The van der Waals surface area contributed by atoms with Gasteiger partial charge in [-0.3, -0.25) is 4.79 Å². The molecule has 2 N–H and O–H groups in total. The Morgan fingerprint density at radius 2 is 2.38 bits per heavy atom. The molecule has 21 heavy (non-hydrogen) atoms. The molecule has 2 rings (SSSR count). The molecule has 0 saturated carbocycles. The van der Waals surface area contributed by atoms with Crippen molar-refractivity contribution in [2.24, 2.45) is 5.41 Å². The Kier molecular flexibility index (Phi) is 4.82. The highest BCUT2D eigenvalue weighted by Crippen LogP contribution is 2.33. The highest BCUT2D eigenvalue weighted by atomic mass is 32.1. The maximum Gasteiger partial charge on any atom is 0.317 e. The van der Waals surface area contributed by atoms with Crippen molar-refractivity contribution in [3.63, 3.8) is 0 Å². The van der Waals surface area contributed by atoms with Gasteiger partial charge in [-0.1, -0.05) is 6.92 Å². The lowest BCUT2D eigenvalue weighted by molar-refractivity contribution is -0.152.